The molecule has 0 fully saturated rings. The quantitative estimate of drug-likeness (QED) is 0.330. The van der Waals surface area contributed by atoms with Gasteiger partial charge in [-0.3, -0.25) is 4.79 Å². The maximum atomic E-state index is 11.5. The van der Waals surface area contributed by atoms with Crippen molar-refractivity contribution in [2.24, 2.45) is 10.9 Å². The number of nitrogens with zero attached hydrogens (tertiary/aromatic N) is 1. The number of rotatable bonds is 3. The molecule has 0 bridgehead atoms. The van der Waals surface area contributed by atoms with Gasteiger partial charge in [-0.15, -0.1) is 0 Å². The van der Waals surface area contributed by atoms with Crippen molar-refractivity contribution in [1.82, 2.24) is 5.32 Å². The normalized spacial score (nSPS) is 13.6. The number of halogens is 1. The van der Waals surface area contributed by atoms with Crippen LogP contribution in [0.4, 0.5) is 0 Å². The number of oxime groups is 1. The molecule has 1 atom stereocenters. The number of hydrogen-bond acceptors (Lipinski definition) is 4. The molecule has 1 unspecified atom stereocenters. The van der Waals surface area contributed by atoms with Crippen molar-refractivity contribution in [3.05, 3.63) is 22.6 Å². The van der Waals surface area contributed by atoms with Crippen LogP contribution >= 0.6 is 15.9 Å². The Kier molecular flexibility index (Phi) is 3.73. The second-order valence-corrected chi connectivity index (χ2v) is 3.61. The smallest absolute Gasteiger partial charge is 0.287 e. The topological polar surface area (TPSA) is 101 Å². The predicted molar refractivity (Wildman–Crippen MR) is 56.7 cm³/mol. The molecule has 0 saturated heterocycles. The fourth-order valence-electron chi connectivity index (χ4n) is 0.865. The molecule has 1 rings (SSSR count). The average Bonchev–Trinajstić information content (AvgIpc) is 2.63. The van der Waals surface area contributed by atoms with Gasteiger partial charge in [-0.1, -0.05) is 5.16 Å². The third-order valence-electron chi connectivity index (χ3n) is 1.70. The van der Waals surface area contributed by atoms with Crippen LogP contribution < -0.4 is 11.1 Å². The number of amides is 1. The van der Waals surface area contributed by atoms with Crippen LogP contribution in [0.2, 0.25) is 0 Å². The van der Waals surface area contributed by atoms with E-state index in [1.807, 2.05) is 0 Å². The summed E-state index contributed by atoms with van der Waals surface area (Å²) in [5.74, 6) is -0.353. The minimum Gasteiger partial charge on any atom is -0.444 e. The van der Waals surface area contributed by atoms with Crippen LogP contribution in [0.5, 0.6) is 0 Å². The lowest BCUT2D eigenvalue weighted by molar-refractivity contribution is 0.0919. The van der Waals surface area contributed by atoms with E-state index in [9.17, 15) is 4.79 Å². The molecule has 0 aromatic carbocycles. The van der Waals surface area contributed by atoms with E-state index < -0.39 is 11.9 Å². The highest BCUT2D eigenvalue weighted by Gasteiger charge is 2.15. The fourth-order valence-corrected chi connectivity index (χ4v) is 1.17. The van der Waals surface area contributed by atoms with Gasteiger partial charge in [-0.25, -0.2) is 0 Å². The molecule has 0 aliphatic carbocycles. The molecule has 0 aliphatic heterocycles. The largest absolute Gasteiger partial charge is 0.444 e. The minimum atomic E-state index is -0.564. The van der Waals surface area contributed by atoms with Gasteiger partial charge in [-0.05, 0) is 35.0 Å². The van der Waals surface area contributed by atoms with Crippen molar-refractivity contribution < 1.29 is 14.4 Å². The minimum absolute atomic E-state index is 0.0750. The van der Waals surface area contributed by atoms with E-state index in [1.165, 1.54) is 6.07 Å². The molecular formula is C8H10BrN3O3. The molecule has 0 aliphatic rings. The second kappa shape index (κ2) is 4.83. The van der Waals surface area contributed by atoms with Crippen molar-refractivity contribution in [2.75, 3.05) is 0 Å². The molecule has 82 valence electrons. The number of carbonyl (C=O) groups excluding carboxylic acids is 1. The van der Waals surface area contributed by atoms with Crippen LogP contribution in [0.1, 0.15) is 17.5 Å². The third kappa shape index (κ3) is 2.98. The van der Waals surface area contributed by atoms with Crippen LogP contribution in [0.3, 0.4) is 0 Å². The first-order chi connectivity index (χ1) is 7.04. The van der Waals surface area contributed by atoms with E-state index in [2.05, 4.69) is 26.4 Å². The van der Waals surface area contributed by atoms with E-state index in [4.69, 9.17) is 15.4 Å². The Morgan fingerprint density at radius 1 is 1.73 bits per heavy atom. The Labute approximate surface area is 94.2 Å². The zero-order valence-electron chi connectivity index (χ0n) is 7.90. The van der Waals surface area contributed by atoms with Crippen molar-refractivity contribution in [2.45, 2.75) is 13.0 Å². The predicted octanol–water partition coefficient (Wildman–Crippen LogP) is 0.907. The number of hydrogen-bond donors (Lipinski definition) is 3. The first kappa shape index (κ1) is 11.6. The van der Waals surface area contributed by atoms with E-state index in [-0.39, 0.29) is 11.6 Å². The molecule has 0 radical (unpaired) electrons. The Hall–Kier alpha value is -1.50. The summed E-state index contributed by atoms with van der Waals surface area (Å²) in [7, 11) is 0. The van der Waals surface area contributed by atoms with Gasteiger partial charge in [0.1, 0.15) is 0 Å². The van der Waals surface area contributed by atoms with Gasteiger partial charge in [0.15, 0.2) is 16.3 Å². The maximum Gasteiger partial charge on any atom is 0.287 e. The first-order valence-electron chi connectivity index (χ1n) is 4.08. The molecule has 15 heavy (non-hydrogen) atoms. The summed E-state index contributed by atoms with van der Waals surface area (Å²) in [6.07, 6.45) is 0. The summed E-state index contributed by atoms with van der Waals surface area (Å²) in [6.45, 7) is 1.59. The Bertz CT molecular complexity index is 388. The van der Waals surface area contributed by atoms with Crippen molar-refractivity contribution in [3.63, 3.8) is 0 Å². The third-order valence-corrected chi connectivity index (χ3v) is 2.13. The zero-order chi connectivity index (χ0) is 11.4. The highest BCUT2D eigenvalue weighted by molar-refractivity contribution is 9.10. The summed E-state index contributed by atoms with van der Waals surface area (Å²) in [6, 6.07) is 2.55. The lowest BCUT2D eigenvalue weighted by atomic mass is 10.3. The van der Waals surface area contributed by atoms with Crippen LogP contribution in [0, 0.1) is 0 Å². The maximum absolute atomic E-state index is 11.5. The van der Waals surface area contributed by atoms with Gasteiger partial charge in [0.25, 0.3) is 5.91 Å². The highest BCUT2D eigenvalue weighted by Crippen LogP contribution is 2.13. The molecule has 7 heteroatoms. The van der Waals surface area contributed by atoms with Crippen molar-refractivity contribution in [1.29, 1.82) is 0 Å². The number of carbonyl (C=O) groups is 1. The SMILES string of the molecule is CC(NC(=O)c1ccc(Br)o1)/C(N)=N/O. The van der Waals surface area contributed by atoms with Gasteiger partial charge in [0.05, 0.1) is 6.04 Å². The van der Waals surface area contributed by atoms with Crippen molar-refractivity contribution in [3.8, 4) is 0 Å². The van der Waals surface area contributed by atoms with Crippen LogP contribution in [0.25, 0.3) is 0 Å². The molecule has 0 saturated carbocycles. The number of furan rings is 1. The molecule has 6 nitrogen and oxygen atoms in total. The highest BCUT2D eigenvalue weighted by atomic mass is 79.9. The lowest BCUT2D eigenvalue weighted by Crippen LogP contribution is -2.42. The van der Waals surface area contributed by atoms with Gasteiger partial charge in [0, 0.05) is 0 Å². The molecular weight excluding hydrogens is 266 g/mol. The number of nitrogens with two attached hydrogens (primary N) is 1. The summed E-state index contributed by atoms with van der Waals surface area (Å²) < 4.78 is 5.48. The number of nitrogens with one attached hydrogen (secondary N) is 1. The molecule has 1 amide bonds. The van der Waals surface area contributed by atoms with Crippen molar-refractivity contribution >= 4 is 27.7 Å². The van der Waals surface area contributed by atoms with Gasteiger partial charge in [0.2, 0.25) is 0 Å². The lowest BCUT2D eigenvalue weighted by Gasteiger charge is -2.10. The second-order valence-electron chi connectivity index (χ2n) is 2.82. The van der Waals surface area contributed by atoms with Gasteiger partial charge in [-0.2, -0.15) is 0 Å². The van der Waals surface area contributed by atoms with E-state index in [0.717, 1.165) is 0 Å². The molecule has 0 spiro atoms. The fraction of sp³-hybridized carbons (Fsp3) is 0.250. The van der Waals surface area contributed by atoms with Crippen LogP contribution in [0.15, 0.2) is 26.4 Å². The van der Waals surface area contributed by atoms with Gasteiger partial charge >= 0.3 is 0 Å². The number of amidine groups is 1. The van der Waals surface area contributed by atoms with E-state index >= 15 is 0 Å². The summed E-state index contributed by atoms with van der Waals surface area (Å²) in [5.41, 5.74) is 5.29. The summed E-state index contributed by atoms with van der Waals surface area (Å²) in [5, 5.41) is 13.6. The standard InChI is InChI=1S/C8H10BrN3O3/c1-4(7(10)12-14)11-8(13)5-2-3-6(9)15-5/h2-4,14H,1H3,(H2,10,12)(H,11,13). The molecule has 4 N–H and O–H groups in total. The van der Waals surface area contributed by atoms with E-state index in [0.29, 0.717) is 4.67 Å². The van der Waals surface area contributed by atoms with Crippen LogP contribution in [-0.4, -0.2) is 23.0 Å². The zero-order valence-corrected chi connectivity index (χ0v) is 9.48. The van der Waals surface area contributed by atoms with Crippen LogP contribution in [-0.2, 0) is 0 Å². The Morgan fingerprint density at radius 3 is 2.87 bits per heavy atom. The van der Waals surface area contributed by atoms with E-state index in [1.54, 1.807) is 13.0 Å². The summed E-state index contributed by atoms with van der Waals surface area (Å²) >= 11 is 3.07. The monoisotopic (exact) mass is 275 g/mol. The van der Waals surface area contributed by atoms with Gasteiger partial charge < -0.3 is 20.7 Å². The summed E-state index contributed by atoms with van der Waals surface area (Å²) in [4.78, 5) is 11.5. The average molecular weight is 276 g/mol. The molecule has 1 heterocycles. The molecule has 1 aromatic rings. The first-order valence-corrected chi connectivity index (χ1v) is 4.87. The molecule has 1 aromatic heterocycles. The Morgan fingerprint density at radius 2 is 2.40 bits per heavy atom. The Balaban J connectivity index is 2.64.